The van der Waals surface area contributed by atoms with Crippen LogP contribution >= 0.6 is 46.6 Å². The molecule has 33 heavy (non-hydrogen) atoms. The summed E-state index contributed by atoms with van der Waals surface area (Å²) >= 11 is 19.8. The molecule has 3 aromatic rings. The van der Waals surface area contributed by atoms with Crippen LogP contribution in [0.3, 0.4) is 0 Å². The number of carbonyl (C=O) groups is 1. The van der Waals surface area contributed by atoms with Crippen LogP contribution in [-0.2, 0) is 20.6 Å². The minimum absolute atomic E-state index is 0.0516. The van der Waals surface area contributed by atoms with Gasteiger partial charge in [-0.25, -0.2) is 8.42 Å². The first-order valence-corrected chi connectivity index (χ1v) is 13.6. The van der Waals surface area contributed by atoms with Crippen molar-refractivity contribution in [3.05, 3.63) is 93.4 Å². The molecule has 0 aliphatic carbocycles. The second kappa shape index (κ2) is 12.0. The van der Waals surface area contributed by atoms with Gasteiger partial charge in [0.25, 0.3) is 10.0 Å². The van der Waals surface area contributed by atoms with E-state index in [2.05, 4.69) is 5.32 Å². The van der Waals surface area contributed by atoms with Crippen LogP contribution in [0.2, 0.25) is 15.1 Å². The van der Waals surface area contributed by atoms with E-state index in [0.717, 1.165) is 9.87 Å². The van der Waals surface area contributed by atoms with E-state index in [-0.39, 0.29) is 11.4 Å². The number of rotatable bonds is 10. The lowest BCUT2D eigenvalue weighted by Gasteiger charge is -2.24. The Kier molecular flexibility index (Phi) is 9.35. The summed E-state index contributed by atoms with van der Waals surface area (Å²) in [5.41, 5.74) is 1.24. The molecule has 5 nitrogen and oxygen atoms in total. The summed E-state index contributed by atoms with van der Waals surface area (Å²) in [6.45, 7) is 0.0190. The van der Waals surface area contributed by atoms with Crippen LogP contribution in [0.15, 0.2) is 77.7 Å². The molecule has 0 saturated heterocycles. The van der Waals surface area contributed by atoms with E-state index in [9.17, 15) is 13.2 Å². The quantitative estimate of drug-likeness (QED) is 0.324. The molecule has 0 fully saturated rings. The van der Waals surface area contributed by atoms with Gasteiger partial charge < -0.3 is 5.32 Å². The highest BCUT2D eigenvalue weighted by molar-refractivity contribution is 7.98. The van der Waals surface area contributed by atoms with Gasteiger partial charge in [0.1, 0.15) is 6.54 Å². The maximum atomic E-state index is 13.3. The van der Waals surface area contributed by atoms with Gasteiger partial charge in [-0.15, -0.1) is 0 Å². The number of carbonyl (C=O) groups excluding carboxylic acids is 1. The average molecular weight is 544 g/mol. The van der Waals surface area contributed by atoms with Crippen molar-refractivity contribution in [1.29, 1.82) is 0 Å². The maximum Gasteiger partial charge on any atom is 0.264 e. The van der Waals surface area contributed by atoms with Crippen molar-refractivity contribution in [3.63, 3.8) is 0 Å². The number of benzene rings is 3. The summed E-state index contributed by atoms with van der Waals surface area (Å²) in [6.07, 6.45) is 0. The third-order valence-corrected chi connectivity index (χ3v) is 8.34. The maximum absolute atomic E-state index is 13.3. The van der Waals surface area contributed by atoms with Gasteiger partial charge in [-0.1, -0.05) is 59.1 Å². The molecule has 3 rings (SSSR count). The molecule has 174 valence electrons. The molecule has 0 spiro atoms. The Morgan fingerprint density at radius 2 is 1.52 bits per heavy atom. The number of hydrogen-bond donors (Lipinski definition) is 1. The van der Waals surface area contributed by atoms with Gasteiger partial charge in [0.15, 0.2) is 0 Å². The highest BCUT2D eigenvalue weighted by Crippen LogP contribution is 2.28. The lowest BCUT2D eigenvalue weighted by atomic mass is 10.2. The van der Waals surface area contributed by atoms with E-state index in [0.29, 0.717) is 38.8 Å². The Balaban J connectivity index is 1.62. The summed E-state index contributed by atoms with van der Waals surface area (Å²) in [5.74, 6) is 0.811. The number of halogens is 3. The molecule has 0 saturated carbocycles. The molecular weight excluding hydrogens is 523 g/mol. The van der Waals surface area contributed by atoms with Gasteiger partial charge in [0.2, 0.25) is 5.91 Å². The van der Waals surface area contributed by atoms with Crippen molar-refractivity contribution in [2.45, 2.75) is 10.6 Å². The lowest BCUT2D eigenvalue weighted by Crippen LogP contribution is -2.41. The van der Waals surface area contributed by atoms with Crippen LogP contribution in [0, 0.1) is 0 Å². The third-order valence-electron chi connectivity index (χ3n) is 4.61. The molecular formula is C23H21Cl3N2O3S2. The van der Waals surface area contributed by atoms with Crippen molar-refractivity contribution in [1.82, 2.24) is 5.32 Å². The van der Waals surface area contributed by atoms with Crippen molar-refractivity contribution in [2.75, 3.05) is 23.1 Å². The van der Waals surface area contributed by atoms with E-state index in [1.54, 1.807) is 60.3 Å². The number of para-hydroxylation sites is 1. The number of anilines is 1. The lowest BCUT2D eigenvalue weighted by molar-refractivity contribution is -0.119. The molecule has 0 aliphatic heterocycles. The fraction of sp³-hybridized carbons (Fsp3) is 0.174. The van der Waals surface area contributed by atoms with Crippen LogP contribution in [0.5, 0.6) is 0 Å². The van der Waals surface area contributed by atoms with Gasteiger partial charge in [0.05, 0.1) is 10.6 Å². The number of nitrogens with zero attached hydrogens (tertiary/aromatic N) is 1. The molecule has 0 aromatic heterocycles. The number of sulfonamides is 1. The molecule has 0 heterocycles. The van der Waals surface area contributed by atoms with Crippen LogP contribution in [0.4, 0.5) is 5.69 Å². The molecule has 1 N–H and O–H groups in total. The number of thioether (sulfide) groups is 1. The zero-order valence-electron chi connectivity index (χ0n) is 17.4. The van der Waals surface area contributed by atoms with Crippen molar-refractivity contribution in [3.8, 4) is 0 Å². The fourth-order valence-electron chi connectivity index (χ4n) is 2.94. The van der Waals surface area contributed by atoms with Crippen molar-refractivity contribution < 1.29 is 13.2 Å². The summed E-state index contributed by atoms with van der Waals surface area (Å²) in [4.78, 5) is 12.7. The third kappa shape index (κ3) is 7.04. The predicted molar refractivity (Wildman–Crippen MR) is 138 cm³/mol. The van der Waals surface area contributed by atoms with E-state index in [1.807, 2.05) is 0 Å². The van der Waals surface area contributed by atoms with Crippen LogP contribution in [0.25, 0.3) is 0 Å². The first-order chi connectivity index (χ1) is 15.8. The highest BCUT2D eigenvalue weighted by Gasteiger charge is 2.27. The summed E-state index contributed by atoms with van der Waals surface area (Å²) in [5, 5.41) is 4.41. The molecule has 3 aromatic carbocycles. The highest BCUT2D eigenvalue weighted by atomic mass is 35.5. The Hall–Kier alpha value is -1.90. The second-order valence-corrected chi connectivity index (χ2v) is 11.1. The topological polar surface area (TPSA) is 66.5 Å². The summed E-state index contributed by atoms with van der Waals surface area (Å²) < 4.78 is 27.6. The Bertz CT molecular complexity index is 1170. The molecule has 10 heteroatoms. The Morgan fingerprint density at radius 3 is 2.15 bits per heavy atom. The van der Waals surface area contributed by atoms with Gasteiger partial charge in [0, 0.05) is 33.1 Å². The SMILES string of the molecule is O=C(CN(c1ccccc1)S(=O)(=O)c1ccc(Cl)cc1)NCCSCc1c(Cl)cccc1Cl. The first kappa shape index (κ1) is 25.7. The fourth-order valence-corrected chi connectivity index (χ4v) is 6.08. The molecule has 0 radical (unpaired) electrons. The zero-order chi connectivity index (χ0) is 23.8. The van der Waals surface area contributed by atoms with Crippen LogP contribution in [0.1, 0.15) is 5.56 Å². The number of nitrogens with one attached hydrogen (secondary N) is 1. The van der Waals surface area contributed by atoms with Gasteiger partial charge in [-0.05, 0) is 54.1 Å². The van der Waals surface area contributed by atoms with Gasteiger partial charge in [-0.2, -0.15) is 11.8 Å². The average Bonchev–Trinajstić information content (AvgIpc) is 2.79. The standard InChI is InChI=1S/C23H21Cl3N2O3S2/c24-17-9-11-19(12-10-17)33(30,31)28(18-5-2-1-3-6-18)15-23(29)27-13-14-32-16-20-21(25)7-4-8-22(20)26/h1-12H,13-16H2,(H,27,29). The minimum atomic E-state index is -3.97. The number of amides is 1. The second-order valence-electron chi connectivity index (χ2n) is 6.90. The van der Waals surface area contributed by atoms with E-state index < -0.39 is 15.9 Å². The van der Waals surface area contributed by atoms with E-state index >= 15 is 0 Å². The molecule has 0 aliphatic rings. The summed E-state index contributed by atoms with van der Waals surface area (Å²) in [7, 11) is -3.97. The predicted octanol–water partition coefficient (Wildman–Crippen LogP) is 5.89. The van der Waals surface area contributed by atoms with Crippen molar-refractivity contribution >= 4 is 68.2 Å². The smallest absolute Gasteiger partial charge is 0.264 e. The molecule has 0 unspecified atom stereocenters. The molecule has 0 bridgehead atoms. The zero-order valence-corrected chi connectivity index (χ0v) is 21.3. The van der Waals surface area contributed by atoms with Crippen molar-refractivity contribution in [2.24, 2.45) is 0 Å². The Morgan fingerprint density at radius 1 is 0.879 bits per heavy atom. The molecule has 0 atom stereocenters. The van der Waals surface area contributed by atoms with Crippen LogP contribution < -0.4 is 9.62 Å². The first-order valence-electron chi connectivity index (χ1n) is 9.90. The van der Waals surface area contributed by atoms with E-state index in [1.165, 1.54) is 24.3 Å². The largest absolute Gasteiger partial charge is 0.354 e. The molecule has 1 amide bonds. The Labute approximate surface area is 213 Å². The number of hydrogen-bond acceptors (Lipinski definition) is 4. The minimum Gasteiger partial charge on any atom is -0.354 e. The van der Waals surface area contributed by atoms with Crippen LogP contribution in [-0.4, -0.2) is 33.2 Å². The monoisotopic (exact) mass is 542 g/mol. The van der Waals surface area contributed by atoms with Gasteiger partial charge >= 0.3 is 0 Å². The summed E-state index contributed by atoms with van der Waals surface area (Å²) in [6, 6.07) is 19.7. The van der Waals surface area contributed by atoms with E-state index in [4.69, 9.17) is 34.8 Å². The normalized spacial score (nSPS) is 11.2. The van der Waals surface area contributed by atoms with Gasteiger partial charge in [-0.3, -0.25) is 9.10 Å².